The second-order valence-corrected chi connectivity index (χ2v) is 10.3. The van der Waals surface area contributed by atoms with Crippen LogP contribution < -0.4 is 10.1 Å². The largest absolute Gasteiger partial charge is 0.486 e. The molecule has 11 heteroatoms. The zero-order valence-electron chi connectivity index (χ0n) is 20.2. The van der Waals surface area contributed by atoms with Crippen molar-refractivity contribution in [1.29, 1.82) is 0 Å². The molecule has 4 heterocycles. The maximum atomic E-state index is 15.1. The van der Waals surface area contributed by atoms with Crippen LogP contribution in [0.1, 0.15) is 33.6 Å². The van der Waals surface area contributed by atoms with Crippen LogP contribution in [0.5, 0.6) is 5.75 Å². The van der Waals surface area contributed by atoms with E-state index in [1.807, 2.05) is 12.1 Å². The topological polar surface area (TPSA) is 103 Å². The van der Waals surface area contributed by atoms with Gasteiger partial charge in [-0.25, -0.2) is 13.7 Å². The Labute approximate surface area is 202 Å². The Morgan fingerprint density at radius 2 is 2.00 bits per heavy atom. The maximum absolute atomic E-state index is 15.1. The Hall–Kier alpha value is -3.63. The first-order chi connectivity index (χ1) is 16.5. The zero-order valence-corrected chi connectivity index (χ0v) is 20.2. The first-order valence-corrected chi connectivity index (χ1v) is 11.6. The number of halogens is 1. The lowest BCUT2D eigenvalue weighted by Crippen LogP contribution is -2.64. The molecule has 1 saturated carbocycles. The Kier molecular flexibility index (Phi) is 5.45. The first-order valence-electron chi connectivity index (χ1n) is 11.6. The van der Waals surface area contributed by atoms with Crippen molar-refractivity contribution in [1.82, 2.24) is 24.3 Å². The Morgan fingerprint density at radius 3 is 2.69 bits per heavy atom. The molecular formula is C24H29FN6O4. The van der Waals surface area contributed by atoms with Gasteiger partial charge >= 0.3 is 6.09 Å². The number of nitrogens with one attached hydrogen (secondary N) is 1. The molecule has 3 aromatic heterocycles. The number of alkyl halides is 1. The molecule has 5 rings (SSSR count). The summed E-state index contributed by atoms with van der Waals surface area (Å²) in [5.74, 6) is 1.03. The molecule has 2 amide bonds. The molecule has 186 valence electrons. The maximum Gasteiger partial charge on any atom is 0.410 e. The SMILES string of the molecule is Cn1ncc(OCC2(F)CN(C(=O)OC(C)(C)C)C2)c1-c1ccn2nc(NC(=O)C3CC3)cc2c1. The number of ether oxygens (including phenoxy) is 2. The van der Waals surface area contributed by atoms with E-state index < -0.39 is 17.4 Å². The van der Waals surface area contributed by atoms with Crippen LogP contribution >= 0.6 is 0 Å². The number of carbonyl (C=O) groups excluding carboxylic acids is 2. The molecule has 0 aromatic carbocycles. The smallest absolute Gasteiger partial charge is 0.410 e. The summed E-state index contributed by atoms with van der Waals surface area (Å²) in [5, 5.41) is 11.5. The van der Waals surface area contributed by atoms with Gasteiger partial charge in [-0.05, 0) is 45.7 Å². The number of hydrogen-bond acceptors (Lipinski definition) is 6. The van der Waals surface area contributed by atoms with Gasteiger partial charge in [0.1, 0.15) is 17.9 Å². The van der Waals surface area contributed by atoms with Gasteiger partial charge in [-0.2, -0.15) is 10.2 Å². The summed E-state index contributed by atoms with van der Waals surface area (Å²) in [6, 6.07) is 5.56. The summed E-state index contributed by atoms with van der Waals surface area (Å²) >= 11 is 0. The van der Waals surface area contributed by atoms with Crippen LogP contribution in [0.3, 0.4) is 0 Å². The number of fused-ring (bicyclic) bond motifs is 1. The van der Waals surface area contributed by atoms with Crippen molar-refractivity contribution < 1.29 is 23.5 Å². The zero-order chi connectivity index (χ0) is 25.0. The fourth-order valence-corrected chi connectivity index (χ4v) is 4.02. The van der Waals surface area contributed by atoms with E-state index in [1.54, 1.807) is 55.5 Å². The van der Waals surface area contributed by atoms with Crippen molar-refractivity contribution in [2.45, 2.75) is 44.9 Å². The number of nitrogens with zero attached hydrogens (tertiary/aromatic N) is 5. The lowest BCUT2D eigenvalue weighted by atomic mass is 9.98. The molecule has 2 aliphatic rings. The minimum Gasteiger partial charge on any atom is -0.486 e. The summed E-state index contributed by atoms with van der Waals surface area (Å²) in [7, 11) is 1.78. The van der Waals surface area contributed by atoms with Crippen molar-refractivity contribution >= 4 is 23.3 Å². The molecule has 10 nitrogen and oxygen atoms in total. The Balaban J connectivity index is 1.26. The average molecular weight is 485 g/mol. The number of likely N-dealkylation sites (tertiary alicyclic amines) is 1. The molecule has 0 radical (unpaired) electrons. The van der Waals surface area contributed by atoms with Gasteiger partial charge in [-0.1, -0.05) is 0 Å². The minimum absolute atomic E-state index is 0.00247. The molecule has 1 aliphatic heterocycles. The van der Waals surface area contributed by atoms with E-state index in [0.717, 1.165) is 23.9 Å². The number of pyridine rings is 1. The number of aromatic nitrogens is 4. The molecule has 3 aromatic rings. The van der Waals surface area contributed by atoms with E-state index in [-0.39, 0.29) is 31.5 Å². The van der Waals surface area contributed by atoms with Crippen molar-refractivity contribution in [3.05, 3.63) is 30.6 Å². The first kappa shape index (κ1) is 23.1. The Morgan fingerprint density at radius 1 is 1.26 bits per heavy atom. The average Bonchev–Trinajstić information content (AvgIpc) is 3.43. The standard InChI is InChI=1S/C24H29FN6O4/c1-23(2,3)35-22(33)30-12-24(25,13-30)14-34-18-11-26-29(4)20(18)16-7-8-31-17(9-16)10-19(28-31)27-21(32)15-5-6-15/h7-11,15H,5-6,12-14H2,1-4H3,(H,27,28,32). The van der Waals surface area contributed by atoms with Crippen LogP contribution in [-0.4, -0.2) is 67.3 Å². The molecular weight excluding hydrogens is 455 g/mol. The minimum atomic E-state index is -1.66. The van der Waals surface area contributed by atoms with E-state index in [1.165, 1.54) is 4.90 Å². The number of carbonyl (C=O) groups is 2. The van der Waals surface area contributed by atoms with Gasteiger partial charge in [0, 0.05) is 30.8 Å². The van der Waals surface area contributed by atoms with Crippen LogP contribution in [0.4, 0.5) is 15.0 Å². The Bertz CT molecular complexity index is 1280. The van der Waals surface area contributed by atoms with Crippen molar-refractivity contribution in [2.75, 3.05) is 25.0 Å². The predicted octanol–water partition coefficient (Wildman–Crippen LogP) is 3.42. The van der Waals surface area contributed by atoms with E-state index in [2.05, 4.69) is 15.5 Å². The fraction of sp³-hybridized carbons (Fsp3) is 0.500. The van der Waals surface area contributed by atoms with Gasteiger partial charge in [0.25, 0.3) is 0 Å². The highest BCUT2D eigenvalue weighted by molar-refractivity contribution is 5.93. The van der Waals surface area contributed by atoms with Gasteiger partial charge in [-0.3, -0.25) is 9.48 Å². The third-order valence-electron chi connectivity index (χ3n) is 5.93. The van der Waals surface area contributed by atoms with Gasteiger partial charge in [0.15, 0.2) is 17.2 Å². The van der Waals surface area contributed by atoms with Gasteiger partial charge in [-0.15, -0.1) is 0 Å². The van der Waals surface area contributed by atoms with Crippen LogP contribution in [0.15, 0.2) is 30.6 Å². The number of rotatable bonds is 6. The molecule has 0 atom stereocenters. The molecule has 0 bridgehead atoms. The highest BCUT2D eigenvalue weighted by atomic mass is 19.1. The highest BCUT2D eigenvalue weighted by Crippen LogP contribution is 2.34. The van der Waals surface area contributed by atoms with E-state index >= 15 is 4.39 Å². The summed E-state index contributed by atoms with van der Waals surface area (Å²) in [6.45, 7) is 4.92. The quantitative estimate of drug-likeness (QED) is 0.575. The summed E-state index contributed by atoms with van der Waals surface area (Å²) in [6.07, 6.45) is 4.65. The lowest BCUT2D eigenvalue weighted by molar-refractivity contribution is -0.117. The van der Waals surface area contributed by atoms with Crippen molar-refractivity contribution in [2.24, 2.45) is 13.0 Å². The van der Waals surface area contributed by atoms with Gasteiger partial charge in [0.2, 0.25) is 5.91 Å². The predicted molar refractivity (Wildman–Crippen MR) is 126 cm³/mol. The number of amides is 2. The van der Waals surface area contributed by atoms with Crippen molar-refractivity contribution in [3.63, 3.8) is 0 Å². The monoisotopic (exact) mass is 484 g/mol. The van der Waals surface area contributed by atoms with Crippen LogP contribution in [-0.2, 0) is 16.6 Å². The number of aryl methyl sites for hydroxylation is 1. The summed E-state index contributed by atoms with van der Waals surface area (Å²) in [4.78, 5) is 25.5. The molecule has 1 aliphatic carbocycles. The number of hydrogen-bond donors (Lipinski definition) is 1. The van der Waals surface area contributed by atoms with Crippen LogP contribution in [0.25, 0.3) is 16.8 Å². The third-order valence-corrected chi connectivity index (χ3v) is 5.93. The fourth-order valence-electron chi connectivity index (χ4n) is 4.02. The van der Waals surface area contributed by atoms with Gasteiger partial charge < -0.3 is 19.7 Å². The third kappa shape index (κ3) is 4.94. The normalized spacial score (nSPS) is 17.2. The van der Waals surface area contributed by atoms with Gasteiger partial charge in [0.05, 0.1) is 24.8 Å². The van der Waals surface area contributed by atoms with E-state index in [4.69, 9.17) is 9.47 Å². The van der Waals surface area contributed by atoms with Crippen molar-refractivity contribution in [3.8, 4) is 17.0 Å². The molecule has 2 fully saturated rings. The lowest BCUT2D eigenvalue weighted by Gasteiger charge is -2.43. The molecule has 0 spiro atoms. The summed E-state index contributed by atoms with van der Waals surface area (Å²) in [5.41, 5.74) is -0.00985. The van der Waals surface area contributed by atoms with Crippen LogP contribution in [0.2, 0.25) is 0 Å². The second-order valence-electron chi connectivity index (χ2n) is 10.3. The van der Waals surface area contributed by atoms with E-state index in [0.29, 0.717) is 17.3 Å². The number of anilines is 1. The second kappa shape index (κ2) is 8.24. The molecule has 1 N–H and O–H groups in total. The van der Waals surface area contributed by atoms with Crippen LogP contribution in [0, 0.1) is 5.92 Å². The summed E-state index contributed by atoms with van der Waals surface area (Å²) < 4.78 is 29.6. The van der Waals surface area contributed by atoms with E-state index in [9.17, 15) is 9.59 Å². The molecule has 1 saturated heterocycles. The molecule has 35 heavy (non-hydrogen) atoms. The highest BCUT2D eigenvalue weighted by Gasteiger charge is 2.48. The molecule has 0 unspecified atom stereocenters.